The van der Waals surface area contributed by atoms with Crippen molar-refractivity contribution in [2.75, 3.05) is 0 Å². The summed E-state index contributed by atoms with van der Waals surface area (Å²) in [6.45, 7) is 0. The van der Waals surface area contributed by atoms with Gasteiger partial charge in [0.15, 0.2) is 0 Å². The maximum Gasteiger partial charge on any atom is 0.323 e. The molecule has 0 aliphatic heterocycles. The predicted molar refractivity (Wildman–Crippen MR) is 74.9 cm³/mol. The van der Waals surface area contributed by atoms with Crippen molar-refractivity contribution in [2.45, 2.75) is 35.8 Å². The number of aliphatic carboxylic acids is 1. The Morgan fingerprint density at radius 1 is 1.50 bits per heavy atom. The summed E-state index contributed by atoms with van der Waals surface area (Å²) in [4.78, 5) is 11.0. The summed E-state index contributed by atoms with van der Waals surface area (Å²) >= 11 is 7.60. The van der Waals surface area contributed by atoms with Gasteiger partial charge in [0.25, 0.3) is 0 Å². The number of thioether (sulfide) groups is 1. The van der Waals surface area contributed by atoms with Gasteiger partial charge < -0.3 is 10.8 Å². The molecule has 2 atom stereocenters. The zero-order valence-electron chi connectivity index (χ0n) is 9.93. The van der Waals surface area contributed by atoms with Gasteiger partial charge in [0, 0.05) is 16.0 Å². The van der Waals surface area contributed by atoms with Crippen LogP contribution in [0.1, 0.15) is 24.8 Å². The number of carbonyl (C=O) groups is 1. The van der Waals surface area contributed by atoms with Crippen LogP contribution in [-0.4, -0.2) is 21.9 Å². The van der Waals surface area contributed by atoms with E-state index >= 15 is 0 Å². The molecule has 1 aromatic rings. The first-order valence-corrected chi connectivity index (χ1v) is 7.31. The highest BCUT2D eigenvalue weighted by atomic mass is 35.5. The number of rotatable bonds is 4. The Hall–Kier alpha value is -0.710. The first-order valence-electron chi connectivity index (χ1n) is 5.88. The third-order valence-electron chi connectivity index (χ3n) is 3.33. The Morgan fingerprint density at radius 3 is 2.72 bits per heavy atom. The molecule has 1 saturated carbocycles. The van der Waals surface area contributed by atoms with E-state index in [1.54, 1.807) is 11.8 Å². The second-order valence-electron chi connectivity index (χ2n) is 4.76. The summed E-state index contributed by atoms with van der Waals surface area (Å²) in [5, 5.41) is 10.1. The van der Waals surface area contributed by atoms with Crippen LogP contribution in [0, 0.1) is 0 Å². The molecule has 0 bridgehead atoms. The summed E-state index contributed by atoms with van der Waals surface area (Å²) in [6, 6.07) is 7.74. The van der Waals surface area contributed by atoms with Gasteiger partial charge in [0.2, 0.25) is 0 Å². The molecule has 18 heavy (non-hydrogen) atoms. The number of carboxylic acid groups (broad SMARTS) is 1. The molecular formula is C13H16ClNO2S. The van der Waals surface area contributed by atoms with Crippen molar-refractivity contribution in [1.29, 1.82) is 0 Å². The number of benzene rings is 1. The van der Waals surface area contributed by atoms with E-state index in [9.17, 15) is 4.79 Å². The molecule has 3 N–H and O–H groups in total. The fraction of sp³-hybridized carbons (Fsp3) is 0.462. The van der Waals surface area contributed by atoms with Gasteiger partial charge >= 0.3 is 5.97 Å². The van der Waals surface area contributed by atoms with E-state index in [1.165, 1.54) is 5.56 Å². The summed E-state index contributed by atoms with van der Waals surface area (Å²) in [6.07, 6.45) is 2.00. The van der Waals surface area contributed by atoms with Gasteiger partial charge in [-0.2, -0.15) is 11.8 Å². The number of nitrogens with two attached hydrogens (primary N) is 1. The second kappa shape index (κ2) is 5.51. The Labute approximate surface area is 116 Å². The quantitative estimate of drug-likeness (QED) is 0.893. The summed E-state index contributed by atoms with van der Waals surface area (Å²) < 4.78 is 0. The second-order valence-corrected chi connectivity index (χ2v) is 6.49. The first kappa shape index (κ1) is 13.7. The van der Waals surface area contributed by atoms with Crippen molar-refractivity contribution in [3.63, 3.8) is 0 Å². The lowest BCUT2D eigenvalue weighted by Crippen LogP contribution is -2.45. The number of halogens is 1. The summed E-state index contributed by atoms with van der Waals surface area (Å²) in [5.74, 6) is -0.00514. The van der Waals surface area contributed by atoms with Crippen LogP contribution in [-0.2, 0) is 10.5 Å². The van der Waals surface area contributed by atoms with E-state index in [1.807, 2.05) is 24.3 Å². The lowest BCUT2D eigenvalue weighted by atomic mass is 10.0. The fourth-order valence-electron chi connectivity index (χ4n) is 2.16. The van der Waals surface area contributed by atoms with Crippen LogP contribution in [0.15, 0.2) is 24.3 Å². The zero-order valence-corrected chi connectivity index (χ0v) is 11.5. The molecule has 0 heterocycles. The topological polar surface area (TPSA) is 63.3 Å². The van der Waals surface area contributed by atoms with Gasteiger partial charge in [-0.15, -0.1) is 0 Å². The predicted octanol–water partition coefficient (Wildman–Crippen LogP) is 2.91. The minimum atomic E-state index is -1.02. The Balaban J connectivity index is 1.85. The first-order chi connectivity index (χ1) is 8.49. The van der Waals surface area contributed by atoms with E-state index in [0.717, 1.165) is 17.2 Å². The van der Waals surface area contributed by atoms with Crippen LogP contribution in [0.5, 0.6) is 0 Å². The highest BCUT2D eigenvalue weighted by Gasteiger charge is 2.42. The Morgan fingerprint density at radius 2 is 2.17 bits per heavy atom. The molecule has 0 aromatic heterocycles. The maximum absolute atomic E-state index is 11.0. The molecule has 1 aliphatic carbocycles. The lowest BCUT2D eigenvalue weighted by Gasteiger charge is -2.17. The van der Waals surface area contributed by atoms with Crippen molar-refractivity contribution in [2.24, 2.45) is 5.73 Å². The zero-order chi connectivity index (χ0) is 13.2. The number of hydrogen-bond donors (Lipinski definition) is 2. The molecule has 2 rings (SSSR count). The monoisotopic (exact) mass is 285 g/mol. The molecule has 0 amide bonds. The van der Waals surface area contributed by atoms with E-state index in [0.29, 0.717) is 18.1 Å². The van der Waals surface area contributed by atoms with Crippen molar-refractivity contribution >= 4 is 29.3 Å². The molecule has 1 fully saturated rings. The number of carboxylic acids is 1. The van der Waals surface area contributed by atoms with Crippen LogP contribution in [0.25, 0.3) is 0 Å². The molecule has 2 unspecified atom stereocenters. The smallest absolute Gasteiger partial charge is 0.323 e. The maximum atomic E-state index is 11.0. The highest BCUT2D eigenvalue weighted by molar-refractivity contribution is 7.99. The molecule has 3 nitrogen and oxygen atoms in total. The van der Waals surface area contributed by atoms with Crippen molar-refractivity contribution < 1.29 is 9.90 Å². The molecule has 5 heteroatoms. The van der Waals surface area contributed by atoms with Gasteiger partial charge in [-0.05, 0) is 37.0 Å². The normalized spacial score (nSPS) is 27.3. The highest BCUT2D eigenvalue weighted by Crippen LogP contribution is 2.37. The van der Waals surface area contributed by atoms with Gasteiger partial charge in [-0.3, -0.25) is 4.79 Å². The average molecular weight is 286 g/mol. The molecule has 0 saturated heterocycles. The van der Waals surface area contributed by atoms with E-state index < -0.39 is 11.5 Å². The van der Waals surface area contributed by atoms with Crippen LogP contribution in [0.2, 0.25) is 5.02 Å². The third-order valence-corrected chi connectivity index (χ3v) is 4.95. The minimum Gasteiger partial charge on any atom is -0.480 e. The van der Waals surface area contributed by atoms with Gasteiger partial charge in [0.05, 0.1) is 0 Å². The van der Waals surface area contributed by atoms with E-state index in [4.69, 9.17) is 22.4 Å². The third kappa shape index (κ3) is 3.19. The van der Waals surface area contributed by atoms with Gasteiger partial charge in [-0.25, -0.2) is 0 Å². The standard InChI is InChI=1S/C13H16ClNO2S/c14-10-3-1-9(2-4-10)8-18-11-5-6-13(15,7-11)12(16)17/h1-4,11H,5-8,15H2,(H,16,17). The molecule has 0 spiro atoms. The van der Waals surface area contributed by atoms with Crippen molar-refractivity contribution in [3.05, 3.63) is 34.9 Å². The largest absolute Gasteiger partial charge is 0.480 e. The van der Waals surface area contributed by atoms with Crippen LogP contribution in [0.3, 0.4) is 0 Å². The minimum absolute atomic E-state index is 0.335. The van der Waals surface area contributed by atoms with Crippen LogP contribution < -0.4 is 5.73 Å². The molecular weight excluding hydrogens is 270 g/mol. The van der Waals surface area contributed by atoms with E-state index in [2.05, 4.69) is 0 Å². The van der Waals surface area contributed by atoms with Crippen LogP contribution in [0.4, 0.5) is 0 Å². The molecule has 0 radical (unpaired) electrons. The summed E-state index contributed by atoms with van der Waals surface area (Å²) in [5.41, 5.74) is 6.04. The van der Waals surface area contributed by atoms with Crippen molar-refractivity contribution in [1.82, 2.24) is 0 Å². The molecule has 98 valence electrons. The summed E-state index contributed by atoms with van der Waals surface area (Å²) in [7, 11) is 0. The Bertz CT molecular complexity index is 437. The Kier molecular flexibility index (Phi) is 4.20. The lowest BCUT2D eigenvalue weighted by molar-refractivity contribution is -0.143. The number of hydrogen-bond acceptors (Lipinski definition) is 3. The van der Waals surface area contributed by atoms with Crippen molar-refractivity contribution in [3.8, 4) is 0 Å². The average Bonchev–Trinajstić information content (AvgIpc) is 2.72. The van der Waals surface area contributed by atoms with Gasteiger partial charge in [0.1, 0.15) is 5.54 Å². The molecule has 1 aliphatic rings. The molecule has 1 aromatic carbocycles. The SMILES string of the molecule is NC1(C(=O)O)CCC(SCc2ccc(Cl)cc2)C1. The van der Waals surface area contributed by atoms with E-state index in [-0.39, 0.29) is 0 Å². The fourth-order valence-corrected chi connectivity index (χ4v) is 3.61. The van der Waals surface area contributed by atoms with Crippen LogP contribution >= 0.6 is 23.4 Å². The van der Waals surface area contributed by atoms with Gasteiger partial charge in [-0.1, -0.05) is 23.7 Å².